The number of benzene rings is 4. The molecule has 0 spiro atoms. The van der Waals surface area contributed by atoms with Crippen molar-refractivity contribution < 1.29 is 9.72 Å². The summed E-state index contributed by atoms with van der Waals surface area (Å²) in [7, 11) is 0. The lowest BCUT2D eigenvalue weighted by atomic mass is 10.0. The van der Waals surface area contributed by atoms with Crippen molar-refractivity contribution in [1.82, 2.24) is 4.57 Å². The van der Waals surface area contributed by atoms with Crippen LogP contribution in [0, 0.1) is 10.1 Å². The fourth-order valence-electron chi connectivity index (χ4n) is 4.22. The zero-order valence-electron chi connectivity index (χ0n) is 19.3. The first-order valence-electron chi connectivity index (χ1n) is 11.5. The number of hydrogen-bond acceptors (Lipinski definition) is 3. The van der Waals surface area contributed by atoms with Crippen LogP contribution in [0.4, 0.5) is 5.69 Å². The second-order valence-corrected chi connectivity index (χ2v) is 8.24. The molecule has 0 fully saturated rings. The molecule has 0 saturated carbocycles. The maximum atomic E-state index is 12.9. The van der Waals surface area contributed by atoms with Crippen LogP contribution in [0.15, 0.2) is 127 Å². The zero-order valence-corrected chi connectivity index (χ0v) is 19.3. The lowest BCUT2D eigenvalue weighted by Gasteiger charge is -2.15. The third-order valence-electron chi connectivity index (χ3n) is 5.94. The van der Waals surface area contributed by atoms with E-state index in [-0.39, 0.29) is 11.5 Å². The van der Waals surface area contributed by atoms with Crippen molar-refractivity contribution >= 4 is 17.5 Å². The largest absolute Gasteiger partial charge is 0.309 e. The highest BCUT2D eigenvalue weighted by Gasteiger charge is 2.18. The zero-order chi connectivity index (χ0) is 24.9. The molecule has 1 aromatic heterocycles. The fourth-order valence-corrected chi connectivity index (χ4v) is 4.22. The van der Waals surface area contributed by atoms with E-state index in [1.807, 2.05) is 60.7 Å². The summed E-state index contributed by atoms with van der Waals surface area (Å²) in [6.45, 7) is 0. The highest BCUT2D eigenvalue weighted by molar-refractivity contribution is 6.07. The van der Waals surface area contributed by atoms with E-state index in [1.165, 1.54) is 30.3 Å². The smallest absolute Gasteiger partial charge is 0.269 e. The molecular weight excluding hydrogens is 448 g/mol. The average Bonchev–Trinajstić information content (AvgIpc) is 3.33. The Kier molecular flexibility index (Phi) is 6.36. The molecule has 0 aliphatic carbocycles. The number of carbonyl (C=O) groups excluding carboxylic acids is 1. The van der Waals surface area contributed by atoms with Crippen molar-refractivity contribution in [3.8, 4) is 28.2 Å². The molecule has 4 aromatic carbocycles. The quantitative estimate of drug-likeness (QED) is 0.106. The third-order valence-corrected chi connectivity index (χ3v) is 5.94. The van der Waals surface area contributed by atoms with E-state index in [4.69, 9.17) is 0 Å². The first-order chi connectivity index (χ1) is 17.6. The SMILES string of the molecule is O=C(/C=C/c1cc(-c2ccccc2)n(-c2ccccc2)c1-c1ccccc1)c1ccc([N+](=O)[O-])cc1. The predicted molar refractivity (Wildman–Crippen MR) is 143 cm³/mol. The van der Waals surface area contributed by atoms with Crippen molar-refractivity contribution in [1.29, 1.82) is 0 Å². The van der Waals surface area contributed by atoms with Crippen LogP contribution in [0.2, 0.25) is 0 Å². The molecule has 0 saturated heterocycles. The van der Waals surface area contributed by atoms with E-state index in [0.29, 0.717) is 5.56 Å². The van der Waals surface area contributed by atoms with Gasteiger partial charge in [0.1, 0.15) is 0 Å². The summed E-state index contributed by atoms with van der Waals surface area (Å²) in [6.07, 6.45) is 3.34. The maximum absolute atomic E-state index is 12.9. The lowest BCUT2D eigenvalue weighted by Crippen LogP contribution is -2.00. The Bertz CT molecular complexity index is 1540. The molecule has 174 valence electrons. The molecule has 0 radical (unpaired) electrons. The number of nitro benzene ring substituents is 1. The van der Waals surface area contributed by atoms with Crippen LogP contribution in [-0.4, -0.2) is 15.3 Å². The van der Waals surface area contributed by atoms with Crippen LogP contribution in [0.25, 0.3) is 34.3 Å². The minimum absolute atomic E-state index is 0.0469. The first kappa shape index (κ1) is 22.7. The Morgan fingerprint density at radius 1 is 0.722 bits per heavy atom. The molecule has 0 aliphatic rings. The summed E-state index contributed by atoms with van der Waals surface area (Å²) in [4.78, 5) is 23.4. The van der Waals surface area contributed by atoms with Gasteiger partial charge in [0.05, 0.1) is 16.3 Å². The van der Waals surface area contributed by atoms with Gasteiger partial charge in [0.25, 0.3) is 5.69 Å². The van der Waals surface area contributed by atoms with Crippen molar-refractivity contribution in [3.63, 3.8) is 0 Å². The number of nitrogens with zero attached hydrogens (tertiary/aromatic N) is 2. The van der Waals surface area contributed by atoms with Gasteiger partial charge in [-0.2, -0.15) is 0 Å². The Hall–Kier alpha value is -5.03. The predicted octanol–water partition coefficient (Wildman–Crippen LogP) is 7.62. The Labute approximate surface area is 208 Å². The number of hydrogen-bond donors (Lipinski definition) is 0. The van der Waals surface area contributed by atoms with E-state index in [1.54, 1.807) is 0 Å². The van der Waals surface area contributed by atoms with Crippen LogP contribution in [-0.2, 0) is 0 Å². The summed E-state index contributed by atoms with van der Waals surface area (Å²) in [6, 6.07) is 38.1. The number of carbonyl (C=O) groups is 1. The Morgan fingerprint density at radius 3 is 1.86 bits per heavy atom. The molecule has 0 amide bonds. The summed E-state index contributed by atoms with van der Waals surface area (Å²) in [5.41, 5.74) is 6.29. The van der Waals surface area contributed by atoms with Gasteiger partial charge < -0.3 is 4.57 Å². The molecule has 5 aromatic rings. The average molecular weight is 471 g/mol. The van der Waals surface area contributed by atoms with E-state index < -0.39 is 4.92 Å². The van der Waals surface area contributed by atoms with E-state index >= 15 is 0 Å². The van der Waals surface area contributed by atoms with Gasteiger partial charge in [-0.1, -0.05) is 78.9 Å². The fraction of sp³-hybridized carbons (Fsp3) is 0. The topological polar surface area (TPSA) is 65.1 Å². The summed E-state index contributed by atoms with van der Waals surface area (Å²) in [5, 5.41) is 10.9. The second-order valence-electron chi connectivity index (χ2n) is 8.24. The molecular formula is C31H22N2O3. The molecule has 36 heavy (non-hydrogen) atoms. The molecule has 1 heterocycles. The molecule has 0 N–H and O–H groups in total. The minimum atomic E-state index is -0.479. The van der Waals surface area contributed by atoms with E-state index in [9.17, 15) is 14.9 Å². The number of para-hydroxylation sites is 1. The van der Waals surface area contributed by atoms with Crippen LogP contribution >= 0.6 is 0 Å². The van der Waals surface area contributed by atoms with Crippen molar-refractivity contribution in [3.05, 3.63) is 149 Å². The number of nitro groups is 1. The summed E-state index contributed by atoms with van der Waals surface area (Å²) >= 11 is 0. The number of aromatic nitrogens is 1. The van der Waals surface area contributed by atoms with Crippen molar-refractivity contribution in [2.24, 2.45) is 0 Å². The van der Waals surface area contributed by atoms with Gasteiger partial charge in [-0.3, -0.25) is 14.9 Å². The minimum Gasteiger partial charge on any atom is -0.309 e. The van der Waals surface area contributed by atoms with Gasteiger partial charge in [0, 0.05) is 28.9 Å². The Balaban J connectivity index is 1.66. The van der Waals surface area contributed by atoms with E-state index in [0.717, 1.165) is 33.8 Å². The maximum Gasteiger partial charge on any atom is 0.269 e. The number of ketones is 1. The first-order valence-corrected chi connectivity index (χ1v) is 11.5. The van der Waals surface area contributed by atoms with E-state index in [2.05, 4.69) is 47.0 Å². The van der Waals surface area contributed by atoms with Crippen LogP contribution in [0.5, 0.6) is 0 Å². The highest BCUT2D eigenvalue weighted by Crippen LogP contribution is 2.36. The van der Waals surface area contributed by atoms with Gasteiger partial charge >= 0.3 is 0 Å². The van der Waals surface area contributed by atoms with Gasteiger partial charge in [-0.15, -0.1) is 0 Å². The van der Waals surface area contributed by atoms with Crippen LogP contribution in [0.3, 0.4) is 0 Å². The number of rotatable bonds is 7. The normalized spacial score (nSPS) is 11.0. The molecule has 0 unspecified atom stereocenters. The number of non-ortho nitro benzene ring substituents is 1. The van der Waals surface area contributed by atoms with Crippen molar-refractivity contribution in [2.45, 2.75) is 0 Å². The van der Waals surface area contributed by atoms with Gasteiger partial charge in [0.15, 0.2) is 5.78 Å². The summed E-state index contributed by atoms with van der Waals surface area (Å²) < 4.78 is 2.21. The van der Waals surface area contributed by atoms with Gasteiger partial charge in [0.2, 0.25) is 0 Å². The summed E-state index contributed by atoms with van der Waals surface area (Å²) in [5.74, 6) is -0.224. The standard InChI is InChI=1S/C31H22N2O3/c34-30(24-16-19-28(20-17-24)33(35)36)21-18-26-22-29(23-10-4-1-5-11-23)32(27-14-8-3-9-15-27)31(26)25-12-6-2-7-13-25/h1-22H/b21-18+. The highest BCUT2D eigenvalue weighted by atomic mass is 16.6. The van der Waals surface area contributed by atoms with Gasteiger partial charge in [-0.25, -0.2) is 0 Å². The molecule has 5 nitrogen and oxygen atoms in total. The Morgan fingerprint density at radius 2 is 1.28 bits per heavy atom. The van der Waals surface area contributed by atoms with Gasteiger partial charge in [-0.05, 0) is 53.6 Å². The molecule has 5 rings (SSSR count). The van der Waals surface area contributed by atoms with Crippen molar-refractivity contribution in [2.75, 3.05) is 0 Å². The molecule has 0 atom stereocenters. The molecule has 0 bridgehead atoms. The lowest BCUT2D eigenvalue weighted by molar-refractivity contribution is -0.384. The van der Waals surface area contributed by atoms with Crippen LogP contribution in [0.1, 0.15) is 15.9 Å². The second kappa shape index (κ2) is 10.1. The molecule has 0 aliphatic heterocycles. The van der Waals surface area contributed by atoms with Crippen LogP contribution < -0.4 is 0 Å². The molecule has 5 heteroatoms. The monoisotopic (exact) mass is 470 g/mol. The number of allylic oxidation sites excluding steroid dienone is 1. The third kappa shape index (κ3) is 4.63.